The molecule has 1 aliphatic heterocycles. The quantitative estimate of drug-likeness (QED) is 0.616. The molecule has 0 bridgehead atoms. The molecule has 3 rings (SSSR count). The molecule has 0 saturated heterocycles. The molecule has 0 aliphatic carbocycles. The van der Waals surface area contributed by atoms with Gasteiger partial charge >= 0.3 is 12.3 Å². The first kappa shape index (κ1) is 16.8. The smallest absolute Gasteiger partial charge is 0.406 e. The number of esters is 1. The van der Waals surface area contributed by atoms with Gasteiger partial charge in [-0.3, -0.25) is 0 Å². The second-order valence-corrected chi connectivity index (χ2v) is 5.32. The van der Waals surface area contributed by atoms with Gasteiger partial charge in [-0.25, -0.2) is 9.79 Å². The van der Waals surface area contributed by atoms with E-state index in [1.54, 1.807) is 6.07 Å². The fourth-order valence-corrected chi connectivity index (χ4v) is 2.23. The van der Waals surface area contributed by atoms with Gasteiger partial charge in [-0.05, 0) is 42.8 Å². The molecule has 0 atom stereocenters. The van der Waals surface area contributed by atoms with Gasteiger partial charge in [0.1, 0.15) is 5.75 Å². The van der Waals surface area contributed by atoms with Crippen LogP contribution in [-0.4, -0.2) is 18.2 Å². The third kappa shape index (κ3) is 4.26. The highest BCUT2D eigenvalue weighted by atomic mass is 19.4. The van der Waals surface area contributed by atoms with Crippen molar-refractivity contribution in [2.24, 2.45) is 4.99 Å². The first-order valence-corrected chi connectivity index (χ1v) is 7.25. The van der Waals surface area contributed by atoms with E-state index in [-0.39, 0.29) is 17.3 Å². The summed E-state index contributed by atoms with van der Waals surface area (Å²) in [6.45, 7) is 1.90. The zero-order valence-electron chi connectivity index (χ0n) is 13.0. The van der Waals surface area contributed by atoms with Crippen LogP contribution in [0.15, 0.2) is 59.2 Å². The number of ether oxygens (including phenoxy) is 2. The third-order valence-electron chi connectivity index (χ3n) is 3.30. The number of nitrogens with zero attached hydrogens (tertiary/aromatic N) is 1. The maximum absolute atomic E-state index is 12.1. The second kappa shape index (κ2) is 6.43. The van der Waals surface area contributed by atoms with Gasteiger partial charge in [-0.1, -0.05) is 29.8 Å². The van der Waals surface area contributed by atoms with E-state index >= 15 is 0 Å². The van der Waals surface area contributed by atoms with Crippen LogP contribution in [0.1, 0.15) is 16.7 Å². The van der Waals surface area contributed by atoms with Crippen molar-refractivity contribution < 1.29 is 27.4 Å². The summed E-state index contributed by atoms with van der Waals surface area (Å²) < 4.78 is 45.4. The number of benzene rings is 2. The minimum atomic E-state index is -4.75. The monoisotopic (exact) mass is 347 g/mol. The molecule has 1 aliphatic rings. The third-order valence-corrected chi connectivity index (χ3v) is 3.30. The number of rotatable bonds is 3. The largest absolute Gasteiger partial charge is 0.573 e. The number of alkyl halides is 3. The van der Waals surface area contributed by atoms with Crippen molar-refractivity contribution >= 4 is 17.9 Å². The summed E-state index contributed by atoms with van der Waals surface area (Å²) in [6, 6.07) is 12.4. The molecular weight excluding hydrogens is 335 g/mol. The maximum Gasteiger partial charge on any atom is 0.573 e. The number of halogens is 3. The maximum atomic E-state index is 12.1. The predicted octanol–water partition coefficient (Wildman–Crippen LogP) is 4.24. The van der Waals surface area contributed by atoms with Gasteiger partial charge in [0.2, 0.25) is 5.90 Å². The van der Waals surface area contributed by atoms with Gasteiger partial charge in [0, 0.05) is 5.56 Å². The fourth-order valence-electron chi connectivity index (χ4n) is 2.23. The van der Waals surface area contributed by atoms with Crippen molar-refractivity contribution in [3.63, 3.8) is 0 Å². The van der Waals surface area contributed by atoms with E-state index in [1.165, 1.54) is 18.2 Å². The summed E-state index contributed by atoms with van der Waals surface area (Å²) in [5.74, 6) is -0.767. The Morgan fingerprint density at radius 2 is 1.84 bits per heavy atom. The molecule has 0 aromatic heterocycles. The molecule has 0 radical (unpaired) electrons. The predicted molar refractivity (Wildman–Crippen MR) is 84.9 cm³/mol. The Kier molecular flexibility index (Phi) is 4.31. The van der Waals surface area contributed by atoms with Gasteiger partial charge in [0.15, 0.2) is 5.70 Å². The Labute approximate surface area is 141 Å². The van der Waals surface area contributed by atoms with Crippen LogP contribution in [0.25, 0.3) is 6.08 Å². The second-order valence-electron chi connectivity index (χ2n) is 5.32. The zero-order chi connectivity index (χ0) is 18.0. The lowest BCUT2D eigenvalue weighted by atomic mass is 10.1. The first-order chi connectivity index (χ1) is 11.8. The van der Waals surface area contributed by atoms with Crippen molar-refractivity contribution in [2.75, 3.05) is 0 Å². The lowest BCUT2D eigenvalue weighted by Crippen LogP contribution is -2.16. The molecule has 0 fully saturated rings. The summed E-state index contributed by atoms with van der Waals surface area (Å²) in [5, 5.41) is 0. The standard InChI is InChI=1S/C18H12F3NO3/c1-11-3-2-4-13(9-11)16-22-15(17(23)24-16)10-12-5-7-14(8-6-12)25-18(19,20)21/h2-10H,1H3/b15-10-. The van der Waals surface area contributed by atoms with Gasteiger partial charge in [-0.15, -0.1) is 13.2 Å². The van der Waals surface area contributed by atoms with Crippen LogP contribution in [0.5, 0.6) is 5.75 Å². The lowest BCUT2D eigenvalue weighted by molar-refractivity contribution is -0.274. The highest BCUT2D eigenvalue weighted by molar-refractivity contribution is 6.12. The normalized spacial score (nSPS) is 15.9. The molecule has 0 N–H and O–H groups in total. The Balaban J connectivity index is 1.82. The van der Waals surface area contributed by atoms with Crippen molar-refractivity contribution in [1.82, 2.24) is 0 Å². The highest BCUT2D eigenvalue weighted by Gasteiger charge is 2.31. The first-order valence-electron chi connectivity index (χ1n) is 7.25. The van der Waals surface area contributed by atoms with Crippen LogP contribution in [0.4, 0.5) is 13.2 Å². The van der Waals surface area contributed by atoms with E-state index in [9.17, 15) is 18.0 Å². The zero-order valence-corrected chi connectivity index (χ0v) is 13.0. The minimum Gasteiger partial charge on any atom is -0.406 e. The Morgan fingerprint density at radius 1 is 1.12 bits per heavy atom. The van der Waals surface area contributed by atoms with E-state index in [2.05, 4.69) is 9.73 Å². The van der Waals surface area contributed by atoms with Crippen molar-refractivity contribution in [3.05, 3.63) is 70.9 Å². The molecule has 0 spiro atoms. The van der Waals surface area contributed by atoms with Gasteiger partial charge in [0.05, 0.1) is 0 Å². The van der Waals surface area contributed by atoms with Crippen LogP contribution >= 0.6 is 0 Å². The molecule has 128 valence electrons. The van der Waals surface area contributed by atoms with Gasteiger partial charge in [0.25, 0.3) is 0 Å². The molecule has 4 nitrogen and oxygen atoms in total. The van der Waals surface area contributed by atoms with E-state index < -0.39 is 12.3 Å². The average molecular weight is 347 g/mol. The number of hydrogen-bond donors (Lipinski definition) is 0. The molecule has 2 aromatic carbocycles. The molecule has 0 unspecified atom stereocenters. The van der Waals surface area contributed by atoms with Crippen molar-refractivity contribution in [3.8, 4) is 5.75 Å². The summed E-state index contributed by atoms with van der Waals surface area (Å²) in [5.41, 5.74) is 2.23. The van der Waals surface area contributed by atoms with Crippen molar-refractivity contribution in [1.29, 1.82) is 0 Å². The molecule has 0 saturated carbocycles. The van der Waals surface area contributed by atoms with E-state index in [0.29, 0.717) is 11.1 Å². The average Bonchev–Trinajstić information content (AvgIpc) is 2.89. The SMILES string of the molecule is Cc1cccc(C2=N/C(=C\c3ccc(OC(F)(F)F)cc3)C(=O)O2)c1. The number of carbonyl (C=O) groups is 1. The number of hydrogen-bond acceptors (Lipinski definition) is 4. The van der Waals surface area contributed by atoms with Crippen LogP contribution in [0, 0.1) is 6.92 Å². The highest BCUT2D eigenvalue weighted by Crippen LogP contribution is 2.24. The topological polar surface area (TPSA) is 47.9 Å². The molecule has 1 heterocycles. The molecule has 7 heteroatoms. The molecular formula is C18H12F3NO3. The van der Waals surface area contributed by atoms with Crippen molar-refractivity contribution in [2.45, 2.75) is 13.3 Å². The van der Waals surface area contributed by atoms with Crippen LogP contribution in [-0.2, 0) is 9.53 Å². The number of aliphatic imine (C=N–C) groups is 1. The van der Waals surface area contributed by atoms with Crippen LogP contribution in [0.3, 0.4) is 0 Å². The van der Waals surface area contributed by atoms with E-state index in [0.717, 1.165) is 17.7 Å². The molecule has 0 amide bonds. The van der Waals surface area contributed by atoms with Crippen LogP contribution < -0.4 is 4.74 Å². The minimum absolute atomic E-state index is 0.0704. The lowest BCUT2D eigenvalue weighted by Gasteiger charge is -2.08. The van der Waals surface area contributed by atoms with E-state index in [1.807, 2.05) is 25.1 Å². The Hall–Kier alpha value is -3.09. The summed E-state index contributed by atoms with van der Waals surface area (Å²) in [6.07, 6.45) is -3.31. The summed E-state index contributed by atoms with van der Waals surface area (Å²) in [7, 11) is 0. The Bertz CT molecular complexity index is 868. The number of carbonyl (C=O) groups excluding carboxylic acids is 1. The fraction of sp³-hybridized carbons (Fsp3) is 0.111. The summed E-state index contributed by atoms with van der Waals surface area (Å²) in [4.78, 5) is 16.1. The molecule has 2 aromatic rings. The summed E-state index contributed by atoms with van der Waals surface area (Å²) >= 11 is 0. The number of aryl methyl sites for hydroxylation is 1. The Morgan fingerprint density at radius 3 is 2.48 bits per heavy atom. The molecule has 25 heavy (non-hydrogen) atoms. The van der Waals surface area contributed by atoms with Crippen LogP contribution in [0.2, 0.25) is 0 Å². The number of cyclic esters (lactones) is 1. The van der Waals surface area contributed by atoms with E-state index in [4.69, 9.17) is 4.74 Å². The van der Waals surface area contributed by atoms with Gasteiger partial charge < -0.3 is 9.47 Å². The van der Waals surface area contributed by atoms with Gasteiger partial charge in [-0.2, -0.15) is 0 Å².